The second-order valence-corrected chi connectivity index (χ2v) is 9.00. The van der Waals surface area contributed by atoms with Crippen LogP contribution in [0.1, 0.15) is 31.4 Å². The third-order valence-electron chi connectivity index (χ3n) is 4.99. The molecule has 3 rings (SSSR count). The molecule has 1 N–H and O–H groups in total. The predicted octanol–water partition coefficient (Wildman–Crippen LogP) is 0.690. The van der Waals surface area contributed by atoms with E-state index in [1.807, 2.05) is 4.90 Å². The van der Waals surface area contributed by atoms with Crippen LogP contribution < -0.4 is 0 Å². The number of likely N-dealkylation sites (tertiary alicyclic amines) is 2. The lowest BCUT2D eigenvalue weighted by molar-refractivity contribution is -0.131. The highest BCUT2D eigenvalue weighted by molar-refractivity contribution is 7.90. The van der Waals surface area contributed by atoms with E-state index in [0.29, 0.717) is 29.5 Å². The van der Waals surface area contributed by atoms with Crippen molar-refractivity contribution in [1.29, 1.82) is 0 Å². The molecule has 1 amide bonds. The van der Waals surface area contributed by atoms with E-state index < -0.39 is 9.84 Å². The van der Waals surface area contributed by atoms with E-state index in [1.54, 1.807) is 0 Å². The number of hydrogen-bond acceptors (Lipinski definition) is 5. The van der Waals surface area contributed by atoms with Crippen LogP contribution in [0.3, 0.4) is 0 Å². The van der Waals surface area contributed by atoms with Gasteiger partial charge in [-0.05, 0) is 44.6 Å². The molecule has 0 spiro atoms. The Morgan fingerprint density at radius 1 is 1.29 bits per heavy atom. The zero-order chi connectivity index (χ0) is 17.2. The molecule has 2 aliphatic heterocycles. The molecule has 0 radical (unpaired) electrons. The van der Waals surface area contributed by atoms with Crippen molar-refractivity contribution in [3.63, 3.8) is 0 Å². The SMILES string of the molecule is CS(=O)(=O)c1cn[nH]c1CC1CCCN(CC(=O)N2CCCC2)C1. The number of carbonyl (C=O) groups excluding carboxylic acids is 1. The number of nitrogens with one attached hydrogen (secondary N) is 1. The van der Waals surface area contributed by atoms with Crippen molar-refractivity contribution in [2.24, 2.45) is 5.92 Å². The summed E-state index contributed by atoms with van der Waals surface area (Å²) in [6.07, 6.45) is 7.59. The molecule has 24 heavy (non-hydrogen) atoms. The van der Waals surface area contributed by atoms with Crippen LogP contribution in [-0.4, -0.2) is 73.3 Å². The number of nitrogens with zero attached hydrogens (tertiary/aromatic N) is 3. The lowest BCUT2D eigenvalue weighted by Gasteiger charge is -2.33. The molecule has 0 aromatic carbocycles. The molecule has 0 bridgehead atoms. The molecular formula is C16H26N4O3S. The quantitative estimate of drug-likeness (QED) is 0.841. The van der Waals surface area contributed by atoms with Gasteiger partial charge >= 0.3 is 0 Å². The number of amides is 1. The van der Waals surface area contributed by atoms with Crippen molar-refractivity contribution in [3.05, 3.63) is 11.9 Å². The van der Waals surface area contributed by atoms with E-state index in [4.69, 9.17) is 0 Å². The molecule has 0 aliphatic carbocycles. The minimum absolute atomic E-state index is 0.228. The Morgan fingerprint density at radius 3 is 2.75 bits per heavy atom. The number of sulfone groups is 1. The molecule has 3 heterocycles. The molecule has 134 valence electrons. The van der Waals surface area contributed by atoms with Gasteiger partial charge in [0.05, 0.1) is 18.4 Å². The van der Waals surface area contributed by atoms with Crippen LogP contribution >= 0.6 is 0 Å². The first-order valence-corrected chi connectivity index (χ1v) is 10.5. The average Bonchev–Trinajstić information content (AvgIpc) is 3.18. The maximum absolute atomic E-state index is 12.3. The van der Waals surface area contributed by atoms with Gasteiger partial charge in [0, 0.05) is 25.9 Å². The van der Waals surface area contributed by atoms with Crippen molar-refractivity contribution < 1.29 is 13.2 Å². The Labute approximate surface area is 143 Å². The van der Waals surface area contributed by atoms with E-state index in [9.17, 15) is 13.2 Å². The number of carbonyl (C=O) groups is 1. The zero-order valence-electron chi connectivity index (χ0n) is 14.2. The molecule has 2 aliphatic rings. The minimum atomic E-state index is -3.25. The highest BCUT2D eigenvalue weighted by Crippen LogP contribution is 2.23. The van der Waals surface area contributed by atoms with Crippen LogP contribution in [0.2, 0.25) is 0 Å². The second kappa shape index (κ2) is 7.23. The minimum Gasteiger partial charge on any atom is -0.342 e. The van der Waals surface area contributed by atoms with Gasteiger partial charge in [-0.1, -0.05) is 0 Å². The van der Waals surface area contributed by atoms with Gasteiger partial charge < -0.3 is 4.90 Å². The van der Waals surface area contributed by atoms with Gasteiger partial charge in [-0.15, -0.1) is 0 Å². The van der Waals surface area contributed by atoms with Crippen molar-refractivity contribution in [2.45, 2.75) is 37.0 Å². The molecule has 1 aromatic heterocycles. The van der Waals surface area contributed by atoms with Gasteiger partial charge in [-0.25, -0.2) is 8.42 Å². The lowest BCUT2D eigenvalue weighted by atomic mass is 9.93. The Kier molecular flexibility index (Phi) is 5.24. The summed E-state index contributed by atoms with van der Waals surface area (Å²) in [6, 6.07) is 0. The van der Waals surface area contributed by atoms with Gasteiger partial charge in [0.2, 0.25) is 5.91 Å². The Morgan fingerprint density at radius 2 is 2.04 bits per heavy atom. The van der Waals surface area contributed by atoms with Gasteiger partial charge in [0.25, 0.3) is 0 Å². The number of rotatable bonds is 5. The summed E-state index contributed by atoms with van der Waals surface area (Å²) in [5.41, 5.74) is 0.690. The predicted molar refractivity (Wildman–Crippen MR) is 90.4 cm³/mol. The van der Waals surface area contributed by atoms with E-state index in [1.165, 1.54) is 12.5 Å². The molecule has 1 aromatic rings. The van der Waals surface area contributed by atoms with Crippen LogP contribution in [-0.2, 0) is 21.1 Å². The molecular weight excluding hydrogens is 328 g/mol. The Bertz CT molecular complexity index is 679. The fraction of sp³-hybridized carbons (Fsp3) is 0.750. The Hall–Kier alpha value is -1.41. The monoisotopic (exact) mass is 354 g/mol. The summed E-state index contributed by atoms with van der Waals surface area (Å²) >= 11 is 0. The summed E-state index contributed by atoms with van der Waals surface area (Å²) in [5.74, 6) is 0.581. The molecule has 1 unspecified atom stereocenters. The van der Waals surface area contributed by atoms with Crippen LogP contribution in [0.25, 0.3) is 0 Å². The van der Waals surface area contributed by atoms with Crippen molar-refractivity contribution >= 4 is 15.7 Å². The Balaban J connectivity index is 1.58. The average molecular weight is 354 g/mol. The van der Waals surface area contributed by atoms with Crippen LogP contribution in [0.5, 0.6) is 0 Å². The third kappa shape index (κ3) is 4.16. The van der Waals surface area contributed by atoms with Crippen LogP contribution in [0.4, 0.5) is 0 Å². The van der Waals surface area contributed by atoms with Crippen LogP contribution in [0, 0.1) is 5.92 Å². The second-order valence-electron chi connectivity index (χ2n) is 7.02. The van der Waals surface area contributed by atoms with Crippen LogP contribution in [0.15, 0.2) is 11.1 Å². The highest BCUT2D eigenvalue weighted by Gasteiger charge is 2.26. The normalized spacial score (nSPS) is 22.9. The number of hydrogen-bond donors (Lipinski definition) is 1. The topological polar surface area (TPSA) is 86.4 Å². The summed E-state index contributed by atoms with van der Waals surface area (Å²) in [6.45, 7) is 4.04. The van der Waals surface area contributed by atoms with Gasteiger partial charge in [0.15, 0.2) is 9.84 Å². The maximum atomic E-state index is 12.3. The van der Waals surface area contributed by atoms with E-state index >= 15 is 0 Å². The zero-order valence-corrected chi connectivity index (χ0v) is 15.0. The maximum Gasteiger partial charge on any atom is 0.236 e. The first kappa shape index (κ1) is 17.4. The molecule has 7 nitrogen and oxygen atoms in total. The summed E-state index contributed by atoms with van der Waals surface area (Å²) in [7, 11) is -3.25. The smallest absolute Gasteiger partial charge is 0.236 e. The van der Waals surface area contributed by atoms with Gasteiger partial charge in [0.1, 0.15) is 4.90 Å². The largest absolute Gasteiger partial charge is 0.342 e. The van der Waals surface area contributed by atoms with Gasteiger partial charge in [-0.3, -0.25) is 14.8 Å². The van der Waals surface area contributed by atoms with E-state index in [0.717, 1.165) is 51.9 Å². The van der Waals surface area contributed by atoms with Crippen molar-refractivity contribution in [1.82, 2.24) is 20.0 Å². The van der Waals surface area contributed by atoms with Crippen molar-refractivity contribution in [2.75, 3.05) is 39.0 Å². The highest BCUT2D eigenvalue weighted by atomic mass is 32.2. The summed E-state index contributed by atoms with van der Waals surface area (Å²) in [5, 5.41) is 6.73. The molecule has 2 saturated heterocycles. The fourth-order valence-electron chi connectivity index (χ4n) is 3.78. The first-order chi connectivity index (χ1) is 11.4. The first-order valence-electron chi connectivity index (χ1n) is 8.66. The number of piperidine rings is 1. The standard InChI is InChI=1S/C16H26N4O3S/c1-24(22,23)15-10-17-18-14(15)9-13-5-4-6-19(11-13)12-16(21)20-7-2-3-8-20/h10,13H,2-9,11-12H2,1H3,(H,17,18). The number of H-pyrrole nitrogens is 1. The molecule has 8 heteroatoms. The fourth-order valence-corrected chi connectivity index (χ4v) is 4.60. The van der Waals surface area contributed by atoms with Gasteiger partial charge in [-0.2, -0.15) is 5.10 Å². The third-order valence-corrected chi connectivity index (χ3v) is 6.14. The molecule has 2 fully saturated rings. The molecule has 0 saturated carbocycles. The number of aromatic nitrogens is 2. The summed E-state index contributed by atoms with van der Waals surface area (Å²) in [4.78, 5) is 16.8. The van der Waals surface area contributed by atoms with E-state index in [2.05, 4.69) is 15.1 Å². The summed E-state index contributed by atoms with van der Waals surface area (Å²) < 4.78 is 23.6. The van der Waals surface area contributed by atoms with Crippen molar-refractivity contribution in [3.8, 4) is 0 Å². The number of aromatic amines is 1. The molecule has 1 atom stereocenters. The van der Waals surface area contributed by atoms with E-state index in [-0.39, 0.29) is 5.91 Å². The lowest BCUT2D eigenvalue weighted by Crippen LogP contribution is -2.43.